The Morgan fingerprint density at radius 3 is 2.69 bits per heavy atom. The molecule has 0 radical (unpaired) electrons. The van der Waals surface area contributed by atoms with Crippen molar-refractivity contribution in [1.82, 2.24) is 4.90 Å². The molecule has 0 amide bonds. The highest BCUT2D eigenvalue weighted by molar-refractivity contribution is 4.99. The summed E-state index contributed by atoms with van der Waals surface area (Å²) in [6, 6.07) is 0.833. The minimum absolute atomic E-state index is 0.833. The van der Waals surface area contributed by atoms with Gasteiger partial charge in [-0.15, -0.1) is 0 Å². The minimum Gasteiger partial charge on any atom is -0.300 e. The van der Waals surface area contributed by atoms with Crippen LogP contribution < -0.4 is 0 Å². The van der Waals surface area contributed by atoms with Gasteiger partial charge in [0.15, 0.2) is 0 Å². The zero-order valence-corrected chi connectivity index (χ0v) is 8.87. The summed E-state index contributed by atoms with van der Waals surface area (Å²) in [6.45, 7) is 7.01. The second-order valence-electron chi connectivity index (χ2n) is 4.00. The van der Waals surface area contributed by atoms with Crippen molar-refractivity contribution < 1.29 is 0 Å². The lowest BCUT2D eigenvalue weighted by Gasteiger charge is -2.40. The molecular weight excluding hydrogens is 158 g/mol. The molecule has 1 nitrogen and oxygen atoms in total. The van der Waals surface area contributed by atoms with E-state index in [1.165, 1.54) is 19.3 Å². The van der Waals surface area contributed by atoms with Gasteiger partial charge in [-0.05, 0) is 25.8 Å². The first-order valence-corrected chi connectivity index (χ1v) is 5.25. The number of allylic oxidation sites excluding steroid dienone is 2. The fraction of sp³-hybridized carbons (Fsp3) is 0.667. The van der Waals surface area contributed by atoms with Crippen LogP contribution in [0.25, 0.3) is 0 Å². The Morgan fingerprint density at radius 1 is 1.46 bits per heavy atom. The molecule has 74 valence electrons. The Kier molecular flexibility index (Phi) is 4.23. The van der Waals surface area contributed by atoms with E-state index >= 15 is 0 Å². The molecular formula is C12H21N. The number of hydrogen-bond donors (Lipinski definition) is 0. The third-order valence-electron chi connectivity index (χ3n) is 3.08. The maximum absolute atomic E-state index is 3.66. The van der Waals surface area contributed by atoms with Gasteiger partial charge in [0, 0.05) is 12.6 Å². The van der Waals surface area contributed by atoms with Crippen LogP contribution >= 0.6 is 0 Å². The molecule has 0 aromatic rings. The molecule has 0 aromatic carbocycles. The standard InChI is InChI=1S/C12H21N/c1-4-6-7-8-13(3)12-9-11(5-2)10-12/h4,6-7,11-12H,1,5,8-10H2,2-3H3/b7-6+. The van der Waals surface area contributed by atoms with Crippen molar-refractivity contribution in [3.8, 4) is 0 Å². The van der Waals surface area contributed by atoms with Crippen LogP contribution in [-0.4, -0.2) is 24.5 Å². The quantitative estimate of drug-likeness (QED) is 0.587. The van der Waals surface area contributed by atoms with Gasteiger partial charge in [-0.3, -0.25) is 4.90 Å². The Hall–Kier alpha value is -0.560. The van der Waals surface area contributed by atoms with Crippen LogP contribution in [0.4, 0.5) is 0 Å². The molecule has 0 bridgehead atoms. The molecule has 0 N–H and O–H groups in total. The maximum Gasteiger partial charge on any atom is 0.0166 e. The lowest BCUT2D eigenvalue weighted by atomic mass is 9.78. The van der Waals surface area contributed by atoms with Crippen LogP contribution in [-0.2, 0) is 0 Å². The van der Waals surface area contributed by atoms with Crippen molar-refractivity contribution in [3.05, 3.63) is 24.8 Å². The lowest BCUT2D eigenvalue weighted by molar-refractivity contribution is 0.109. The molecule has 1 fully saturated rings. The van der Waals surface area contributed by atoms with Crippen molar-refractivity contribution in [2.45, 2.75) is 32.2 Å². The average Bonchev–Trinajstić information content (AvgIpc) is 2.03. The number of rotatable bonds is 5. The van der Waals surface area contributed by atoms with Crippen molar-refractivity contribution >= 4 is 0 Å². The molecule has 0 heterocycles. The molecule has 0 spiro atoms. The van der Waals surface area contributed by atoms with E-state index in [0.717, 1.165) is 18.5 Å². The molecule has 1 aliphatic carbocycles. The Morgan fingerprint density at radius 2 is 2.15 bits per heavy atom. The van der Waals surface area contributed by atoms with Gasteiger partial charge in [-0.25, -0.2) is 0 Å². The molecule has 0 unspecified atom stereocenters. The first kappa shape index (κ1) is 10.5. The summed E-state index contributed by atoms with van der Waals surface area (Å²) in [7, 11) is 2.21. The first-order valence-electron chi connectivity index (χ1n) is 5.25. The molecule has 0 aromatic heterocycles. The zero-order chi connectivity index (χ0) is 9.68. The van der Waals surface area contributed by atoms with Gasteiger partial charge in [0.25, 0.3) is 0 Å². The number of hydrogen-bond acceptors (Lipinski definition) is 1. The second-order valence-corrected chi connectivity index (χ2v) is 4.00. The van der Waals surface area contributed by atoms with E-state index in [4.69, 9.17) is 0 Å². The van der Waals surface area contributed by atoms with E-state index in [0.29, 0.717) is 0 Å². The molecule has 0 saturated heterocycles. The van der Waals surface area contributed by atoms with Crippen molar-refractivity contribution in [2.75, 3.05) is 13.6 Å². The monoisotopic (exact) mass is 179 g/mol. The van der Waals surface area contributed by atoms with E-state index in [9.17, 15) is 0 Å². The van der Waals surface area contributed by atoms with Crippen LogP contribution in [0.15, 0.2) is 24.8 Å². The zero-order valence-electron chi connectivity index (χ0n) is 8.87. The fourth-order valence-corrected chi connectivity index (χ4v) is 1.87. The predicted octanol–water partition coefficient (Wildman–Crippen LogP) is 2.85. The molecule has 0 atom stereocenters. The highest BCUT2D eigenvalue weighted by atomic mass is 15.1. The lowest BCUT2D eigenvalue weighted by Crippen LogP contribution is -2.42. The summed E-state index contributed by atoms with van der Waals surface area (Å²) in [5.41, 5.74) is 0. The SMILES string of the molecule is C=C/C=C/CN(C)C1CC(CC)C1. The first-order chi connectivity index (χ1) is 6.27. The summed E-state index contributed by atoms with van der Waals surface area (Å²) < 4.78 is 0. The molecule has 1 aliphatic rings. The summed E-state index contributed by atoms with van der Waals surface area (Å²) in [6.07, 6.45) is 10.2. The van der Waals surface area contributed by atoms with Gasteiger partial charge in [-0.2, -0.15) is 0 Å². The van der Waals surface area contributed by atoms with Crippen LogP contribution in [0.5, 0.6) is 0 Å². The van der Waals surface area contributed by atoms with Gasteiger partial charge < -0.3 is 0 Å². The second kappa shape index (κ2) is 5.23. The fourth-order valence-electron chi connectivity index (χ4n) is 1.87. The van der Waals surface area contributed by atoms with Crippen molar-refractivity contribution in [2.24, 2.45) is 5.92 Å². The molecule has 0 aliphatic heterocycles. The molecule has 1 saturated carbocycles. The normalized spacial score (nSPS) is 27.9. The van der Waals surface area contributed by atoms with Crippen LogP contribution in [0, 0.1) is 5.92 Å². The van der Waals surface area contributed by atoms with Gasteiger partial charge in [0.05, 0.1) is 0 Å². The summed E-state index contributed by atoms with van der Waals surface area (Å²) in [5, 5.41) is 0. The van der Waals surface area contributed by atoms with Gasteiger partial charge in [0.2, 0.25) is 0 Å². The van der Waals surface area contributed by atoms with E-state index < -0.39 is 0 Å². The van der Waals surface area contributed by atoms with Crippen LogP contribution in [0.2, 0.25) is 0 Å². The summed E-state index contributed by atoms with van der Waals surface area (Å²) >= 11 is 0. The smallest absolute Gasteiger partial charge is 0.0166 e. The Labute approximate surface area is 82.1 Å². The maximum atomic E-state index is 3.66. The number of nitrogens with zero attached hydrogens (tertiary/aromatic N) is 1. The molecule has 1 heteroatoms. The predicted molar refractivity (Wildman–Crippen MR) is 58.8 cm³/mol. The minimum atomic E-state index is 0.833. The van der Waals surface area contributed by atoms with Crippen molar-refractivity contribution in [3.63, 3.8) is 0 Å². The van der Waals surface area contributed by atoms with Crippen molar-refractivity contribution in [1.29, 1.82) is 0 Å². The highest BCUT2D eigenvalue weighted by Crippen LogP contribution is 2.32. The average molecular weight is 179 g/mol. The van der Waals surface area contributed by atoms with E-state index in [1.54, 1.807) is 0 Å². The van der Waals surface area contributed by atoms with E-state index in [-0.39, 0.29) is 0 Å². The Bertz CT molecular complexity index is 178. The van der Waals surface area contributed by atoms with E-state index in [1.807, 2.05) is 12.2 Å². The summed E-state index contributed by atoms with van der Waals surface area (Å²) in [5.74, 6) is 0.996. The third kappa shape index (κ3) is 3.00. The van der Waals surface area contributed by atoms with Crippen LogP contribution in [0.3, 0.4) is 0 Å². The van der Waals surface area contributed by atoms with Crippen LogP contribution in [0.1, 0.15) is 26.2 Å². The van der Waals surface area contributed by atoms with Gasteiger partial charge in [0.1, 0.15) is 0 Å². The molecule has 1 rings (SSSR count). The van der Waals surface area contributed by atoms with Gasteiger partial charge >= 0.3 is 0 Å². The largest absolute Gasteiger partial charge is 0.300 e. The van der Waals surface area contributed by atoms with Gasteiger partial charge in [-0.1, -0.05) is 38.2 Å². The molecule has 13 heavy (non-hydrogen) atoms. The highest BCUT2D eigenvalue weighted by Gasteiger charge is 2.29. The third-order valence-corrected chi connectivity index (χ3v) is 3.08. The topological polar surface area (TPSA) is 3.24 Å². The Balaban J connectivity index is 2.15. The summed E-state index contributed by atoms with van der Waals surface area (Å²) in [4.78, 5) is 2.44. The number of likely N-dealkylation sites (N-methyl/N-ethyl adjacent to an activating group) is 1. The van der Waals surface area contributed by atoms with E-state index in [2.05, 4.69) is 31.5 Å².